The second-order valence-corrected chi connectivity index (χ2v) is 4.65. The van der Waals surface area contributed by atoms with Crippen molar-refractivity contribution in [2.45, 2.75) is 6.92 Å². The van der Waals surface area contributed by atoms with Crippen molar-refractivity contribution in [3.05, 3.63) is 63.6 Å². The molecular formula is C15H12N2O3. The number of oxazole rings is 1. The summed E-state index contributed by atoms with van der Waals surface area (Å²) >= 11 is 0. The van der Waals surface area contributed by atoms with Crippen LogP contribution in [0.25, 0.3) is 11.1 Å². The average molecular weight is 268 g/mol. The van der Waals surface area contributed by atoms with E-state index in [1.54, 1.807) is 24.3 Å². The number of rotatable bonds is 2. The molecule has 5 nitrogen and oxygen atoms in total. The van der Waals surface area contributed by atoms with Crippen LogP contribution in [-0.4, -0.2) is 10.8 Å². The van der Waals surface area contributed by atoms with E-state index in [0.717, 1.165) is 5.56 Å². The van der Waals surface area contributed by atoms with Crippen LogP contribution in [0, 0.1) is 6.92 Å². The van der Waals surface area contributed by atoms with Crippen molar-refractivity contribution in [3.8, 4) is 0 Å². The fraction of sp³-hybridized carbons (Fsp3) is 0.0667. The fourth-order valence-electron chi connectivity index (χ4n) is 2.11. The SMILES string of the molecule is Cc1ccc(N)c(C(=O)c2ccc3[nH]c(=O)oc3c2)c1. The first-order valence-electron chi connectivity index (χ1n) is 6.08. The van der Waals surface area contributed by atoms with Gasteiger partial charge in [-0.25, -0.2) is 4.79 Å². The van der Waals surface area contributed by atoms with Crippen LogP contribution in [0.3, 0.4) is 0 Å². The van der Waals surface area contributed by atoms with Gasteiger partial charge in [0.05, 0.1) is 5.52 Å². The van der Waals surface area contributed by atoms with E-state index in [1.165, 1.54) is 6.07 Å². The van der Waals surface area contributed by atoms with Gasteiger partial charge in [0.1, 0.15) is 0 Å². The quantitative estimate of drug-likeness (QED) is 0.551. The van der Waals surface area contributed by atoms with Gasteiger partial charge in [0, 0.05) is 16.8 Å². The third-order valence-electron chi connectivity index (χ3n) is 3.14. The normalized spacial score (nSPS) is 10.8. The van der Waals surface area contributed by atoms with Gasteiger partial charge in [-0.05, 0) is 37.3 Å². The number of fused-ring (bicyclic) bond motifs is 1. The molecular weight excluding hydrogens is 256 g/mol. The number of aryl methyl sites for hydroxylation is 1. The molecule has 0 spiro atoms. The van der Waals surface area contributed by atoms with E-state index < -0.39 is 5.76 Å². The molecule has 3 aromatic rings. The van der Waals surface area contributed by atoms with Crippen LogP contribution in [0.5, 0.6) is 0 Å². The lowest BCUT2D eigenvalue weighted by Gasteiger charge is -2.06. The third-order valence-corrected chi connectivity index (χ3v) is 3.14. The Morgan fingerprint density at radius 3 is 2.80 bits per heavy atom. The summed E-state index contributed by atoms with van der Waals surface area (Å²) in [5, 5.41) is 0. The van der Waals surface area contributed by atoms with Gasteiger partial charge in [-0.2, -0.15) is 0 Å². The third kappa shape index (κ3) is 1.99. The summed E-state index contributed by atoms with van der Waals surface area (Å²) in [4.78, 5) is 26.1. The van der Waals surface area contributed by atoms with E-state index in [4.69, 9.17) is 10.2 Å². The van der Waals surface area contributed by atoms with Crippen molar-refractivity contribution < 1.29 is 9.21 Å². The molecule has 0 aliphatic carbocycles. The van der Waals surface area contributed by atoms with Crippen molar-refractivity contribution in [1.29, 1.82) is 0 Å². The number of anilines is 1. The summed E-state index contributed by atoms with van der Waals surface area (Å²) < 4.78 is 4.95. The van der Waals surface area contributed by atoms with Crippen LogP contribution in [0.4, 0.5) is 5.69 Å². The number of ketones is 1. The molecule has 5 heteroatoms. The summed E-state index contributed by atoms with van der Waals surface area (Å²) in [6, 6.07) is 10.1. The van der Waals surface area contributed by atoms with Gasteiger partial charge in [-0.15, -0.1) is 0 Å². The molecule has 1 aromatic heterocycles. The van der Waals surface area contributed by atoms with Gasteiger partial charge < -0.3 is 10.2 Å². The zero-order valence-electron chi connectivity index (χ0n) is 10.8. The van der Waals surface area contributed by atoms with Crippen LogP contribution in [-0.2, 0) is 0 Å². The lowest BCUT2D eigenvalue weighted by atomic mass is 10.00. The molecule has 20 heavy (non-hydrogen) atoms. The minimum absolute atomic E-state index is 0.197. The highest BCUT2D eigenvalue weighted by Crippen LogP contribution is 2.20. The molecule has 2 aromatic carbocycles. The predicted molar refractivity (Wildman–Crippen MR) is 75.9 cm³/mol. The second-order valence-electron chi connectivity index (χ2n) is 4.65. The number of nitrogen functional groups attached to an aromatic ring is 1. The van der Waals surface area contributed by atoms with Crippen molar-refractivity contribution in [2.75, 3.05) is 5.73 Å². The topological polar surface area (TPSA) is 89.1 Å². The van der Waals surface area contributed by atoms with Crippen molar-refractivity contribution in [1.82, 2.24) is 4.98 Å². The fourth-order valence-corrected chi connectivity index (χ4v) is 2.11. The summed E-state index contributed by atoms with van der Waals surface area (Å²) in [6.45, 7) is 1.89. The first-order valence-corrected chi connectivity index (χ1v) is 6.08. The summed E-state index contributed by atoms with van der Waals surface area (Å²) in [6.07, 6.45) is 0. The maximum Gasteiger partial charge on any atom is 0.417 e. The Hall–Kier alpha value is -2.82. The van der Waals surface area contributed by atoms with Gasteiger partial charge in [0.15, 0.2) is 11.4 Å². The molecule has 0 saturated carbocycles. The van der Waals surface area contributed by atoms with Crippen LogP contribution in [0.15, 0.2) is 45.6 Å². The highest BCUT2D eigenvalue weighted by Gasteiger charge is 2.14. The monoisotopic (exact) mass is 268 g/mol. The molecule has 0 fully saturated rings. The minimum atomic E-state index is -0.542. The molecule has 0 amide bonds. The average Bonchev–Trinajstić information content (AvgIpc) is 2.79. The van der Waals surface area contributed by atoms with Gasteiger partial charge in [0.2, 0.25) is 0 Å². The van der Waals surface area contributed by atoms with Crippen LogP contribution in [0.1, 0.15) is 21.5 Å². The maximum atomic E-state index is 12.5. The smallest absolute Gasteiger partial charge is 0.408 e. The van der Waals surface area contributed by atoms with Crippen LogP contribution in [0.2, 0.25) is 0 Å². The Bertz CT molecular complexity index is 874. The van der Waals surface area contributed by atoms with Gasteiger partial charge >= 0.3 is 5.76 Å². The first-order chi connectivity index (χ1) is 9.54. The zero-order chi connectivity index (χ0) is 14.3. The number of carbonyl (C=O) groups is 1. The lowest BCUT2D eigenvalue weighted by Crippen LogP contribution is -2.05. The minimum Gasteiger partial charge on any atom is -0.408 e. The van der Waals surface area contributed by atoms with Crippen LogP contribution >= 0.6 is 0 Å². The molecule has 0 aliphatic rings. The van der Waals surface area contributed by atoms with Gasteiger partial charge in [-0.1, -0.05) is 11.6 Å². The van der Waals surface area contributed by atoms with E-state index in [9.17, 15) is 9.59 Å². The van der Waals surface area contributed by atoms with Gasteiger partial charge in [0.25, 0.3) is 0 Å². The Morgan fingerprint density at radius 2 is 2.00 bits per heavy atom. The largest absolute Gasteiger partial charge is 0.417 e. The van der Waals surface area contributed by atoms with E-state index in [2.05, 4.69) is 4.98 Å². The molecule has 0 saturated heterocycles. The Morgan fingerprint density at radius 1 is 1.20 bits per heavy atom. The number of carbonyl (C=O) groups excluding carboxylic acids is 1. The molecule has 1 heterocycles. The molecule has 0 bridgehead atoms. The van der Waals surface area contributed by atoms with Crippen LogP contribution < -0.4 is 11.5 Å². The molecule has 0 radical (unpaired) electrons. The number of benzene rings is 2. The van der Waals surface area contributed by atoms with E-state index in [1.807, 2.05) is 13.0 Å². The van der Waals surface area contributed by atoms with Crippen molar-refractivity contribution in [3.63, 3.8) is 0 Å². The molecule has 3 N–H and O–H groups in total. The van der Waals surface area contributed by atoms with Crippen molar-refractivity contribution in [2.24, 2.45) is 0 Å². The number of hydrogen-bond acceptors (Lipinski definition) is 4. The number of H-pyrrole nitrogens is 1. The summed E-state index contributed by atoms with van der Waals surface area (Å²) in [5.74, 6) is -0.739. The molecule has 0 atom stereocenters. The van der Waals surface area contributed by atoms with Crippen molar-refractivity contribution >= 4 is 22.6 Å². The number of aromatic nitrogens is 1. The van der Waals surface area contributed by atoms with E-state index >= 15 is 0 Å². The molecule has 0 aliphatic heterocycles. The summed E-state index contributed by atoms with van der Waals surface area (Å²) in [5.41, 5.74) is 9.01. The van der Waals surface area contributed by atoms with E-state index in [0.29, 0.717) is 27.9 Å². The molecule has 0 unspecified atom stereocenters. The highest BCUT2D eigenvalue weighted by molar-refractivity contribution is 6.13. The molecule has 100 valence electrons. The second kappa shape index (κ2) is 4.38. The maximum absolute atomic E-state index is 12.5. The Balaban J connectivity index is 2.12. The lowest BCUT2D eigenvalue weighted by molar-refractivity contribution is 0.103. The highest BCUT2D eigenvalue weighted by atomic mass is 16.4. The Kier molecular flexibility index (Phi) is 2.68. The zero-order valence-corrected chi connectivity index (χ0v) is 10.8. The first kappa shape index (κ1) is 12.2. The molecule has 3 rings (SSSR count). The number of nitrogens with two attached hydrogens (primary N) is 1. The van der Waals surface area contributed by atoms with E-state index in [-0.39, 0.29) is 5.78 Å². The predicted octanol–water partition coefficient (Wildman–Crippen LogP) is 2.24. The Labute approximate surface area is 114 Å². The number of aromatic amines is 1. The van der Waals surface area contributed by atoms with Gasteiger partial charge in [-0.3, -0.25) is 9.78 Å². The number of nitrogens with one attached hydrogen (secondary N) is 1. The standard InChI is InChI=1S/C15H12N2O3/c1-8-2-4-11(16)10(6-8)14(18)9-3-5-12-13(7-9)20-15(19)17-12/h2-7H,16H2,1H3,(H,17,19). The summed E-state index contributed by atoms with van der Waals surface area (Å²) in [7, 11) is 0. The number of hydrogen-bond donors (Lipinski definition) is 2.